The quantitative estimate of drug-likeness (QED) is 0.742. The number of carbonyl (C=O) groups is 1. The Morgan fingerprint density at radius 2 is 1.95 bits per heavy atom. The third kappa shape index (κ3) is 5.34. The number of amides is 1. The first kappa shape index (κ1) is 15.8. The molecule has 21 heavy (non-hydrogen) atoms. The van der Waals surface area contributed by atoms with Crippen LogP contribution in [0.25, 0.3) is 0 Å². The molecule has 2 rings (SSSR count). The Labute approximate surface area is 129 Å². The summed E-state index contributed by atoms with van der Waals surface area (Å²) in [5.41, 5.74) is 5.09. The lowest BCUT2D eigenvalue weighted by Gasteiger charge is -2.26. The number of nitrogens with zero attached hydrogens (tertiary/aromatic N) is 4. The van der Waals surface area contributed by atoms with Crippen LogP contribution < -0.4 is 16.0 Å². The largest absolute Gasteiger partial charge is 0.370 e. The highest BCUT2D eigenvalue weighted by atomic mass is 35.5. The van der Waals surface area contributed by atoms with E-state index in [4.69, 9.17) is 17.3 Å². The molecule has 8 heteroatoms. The molecule has 0 atom stereocenters. The van der Waals surface area contributed by atoms with Crippen molar-refractivity contribution in [3.8, 4) is 0 Å². The lowest BCUT2D eigenvalue weighted by Crippen LogP contribution is -2.31. The predicted octanol–water partition coefficient (Wildman–Crippen LogP) is 1.58. The topological polar surface area (TPSA) is 97.0 Å². The van der Waals surface area contributed by atoms with E-state index in [0.29, 0.717) is 24.9 Å². The number of piperidine rings is 1. The summed E-state index contributed by atoms with van der Waals surface area (Å²) in [6, 6.07) is 0. The van der Waals surface area contributed by atoms with Gasteiger partial charge in [0.1, 0.15) is 0 Å². The zero-order valence-electron chi connectivity index (χ0n) is 12.0. The van der Waals surface area contributed by atoms with Gasteiger partial charge in [-0.3, -0.25) is 4.79 Å². The smallest absolute Gasteiger partial charge is 0.231 e. The molecule has 1 aromatic heterocycles. The van der Waals surface area contributed by atoms with Gasteiger partial charge in [0.05, 0.1) is 0 Å². The molecule has 1 saturated heterocycles. The van der Waals surface area contributed by atoms with Crippen molar-refractivity contribution in [2.24, 2.45) is 5.73 Å². The van der Waals surface area contributed by atoms with Crippen LogP contribution in [0.4, 0.5) is 11.9 Å². The lowest BCUT2D eigenvalue weighted by atomic mass is 10.1. The second-order valence-corrected chi connectivity index (χ2v) is 5.46. The molecular weight excluding hydrogens is 292 g/mol. The van der Waals surface area contributed by atoms with Gasteiger partial charge in [0.25, 0.3) is 0 Å². The molecule has 0 bridgehead atoms. The van der Waals surface area contributed by atoms with Crippen molar-refractivity contribution in [2.75, 3.05) is 29.9 Å². The van der Waals surface area contributed by atoms with Gasteiger partial charge in [-0.25, -0.2) is 0 Å². The van der Waals surface area contributed by atoms with Crippen molar-refractivity contribution in [3.05, 3.63) is 5.28 Å². The third-order valence-corrected chi connectivity index (χ3v) is 3.54. The molecule has 0 radical (unpaired) electrons. The molecule has 1 aliphatic rings. The van der Waals surface area contributed by atoms with Gasteiger partial charge in [-0.15, -0.1) is 0 Å². The molecule has 0 unspecified atom stereocenters. The Morgan fingerprint density at radius 1 is 1.19 bits per heavy atom. The van der Waals surface area contributed by atoms with Crippen LogP contribution in [0.15, 0.2) is 0 Å². The monoisotopic (exact) mass is 312 g/mol. The van der Waals surface area contributed by atoms with Crippen LogP contribution in [0.5, 0.6) is 0 Å². The molecule has 0 saturated carbocycles. The first-order valence-corrected chi connectivity index (χ1v) is 7.71. The van der Waals surface area contributed by atoms with E-state index >= 15 is 0 Å². The van der Waals surface area contributed by atoms with E-state index in [1.54, 1.807) is 0 Å². The van der Waals surface area contributed by atoms with Crippen molar-refractivity contribution >= 4 is 29.4 Å². The van der Waals surface area contributed by atoms with E-state index < -0.39 is 0 Å². The fourth-order valence-electron chi connectivity index (χ4n) is 2.28. The lowest BCUT2D eigenvalue weighted by molar-refractivity contribution is -0.118. The molecule has 2 heterocycles. The van der Waals surface area contributed by atoms with Gasteiger partial charge < -0.3 is 16.0 Å². The minimum atomic E-state index is -0.273. The molecule has 7 nitrogen and oxygen atoms in total. The van der Waals surface area contributed by atoms with Gasteiger partial charge >= 0.3 is 0 Å². The summed E-state index contributed by atoms with van der Waals surface area (Å²) in [6.07, 6.45) is 5.53. The van der Waals surface area contributed by atoms with Gasteiger partial charge in [-0.05, 0) is 43.7 Å². The number of hydrogen-bond donors (Lipinski definition) is 2. The van der Waals surface area contributed by atoms with Gasteiger partial charge in [-0.1, -0.05) is 0 Å². The second kappa shape index (κ2) is 7.97. The molecular formula is C13H21ClN6O. The molecule has 1 amide bonds. The number of unbranched alkanes of at least 4 members (excludes halogenated alkanes) is 1. The molecule has 1 aromatic rings. The van der Waals surface area contributed by atoms with Gasteiger partial charge in [0, 0.05) is 26.1 Å². The third-order valence-electron chi connectivity index (χ3n) is 3.37. The van der Waals surface area contributed by atoms with Crippen LogP contribution >= 0.6 is 11.6 Å². The van der Waals surface area contributed by atoms with Crippen molar-refractivity contribution in [3.63, 3.8) is 0 Å². The Kier molecular flexibility index (Phi) is 5.98. The molecule has 0 aliphatic carbocycles. The van der Waals surface area contributed by atoms with E-state index in [9.17, 15) is 4.79 Å². The van der Waals surface area contributed by atoms with Crippen molar-refractivity contribution in [1.29, 1.82) is 0 Å². The number of aromatic nitrogens is 3. The van der Waals surface area contributed by atoms with Gasteiger partial charge in [-0.2, -0.15) is 15.0 Å². The maximum atomic E-state index is 10.6. The Morgan fingerprint density at radius 3 is 2.67 bits per heavy atom. The first-order valence-electron chi connectivity index (χ1n) is 7.34. The number of anilines is 2. The zero-order valence-corrected chi connectivity index (χ0v) is 12.8. The average molecular weight is 313 g/mol. The van der Waals surface area contributed by atoms with Crippen LogP contribution in [-0.4, -0.2) is 40.5 Å². The van der Waals surface area contributed by atoms with Crippen LogP contribution in [0.3, 0.4) is 0 Å². The highest BCUT2D eigenvalue weighted by Gasteiger charge is 2.15. The highest BCUT2D eigenvalue weighted by Crippen LogP contribution is 2.18. The minimum Gasteiger partial charge on any atom is -0.370 e. The maximum absolute atomic E-state index is 10.6. The predicted molar refractivity (Wildman–Crippen MR) is 82.4 cm³/mol. The normalized spacial score (nSPS) is 15.0. The number of nitrogens with one attached hydrogen (secondary N) is 1. The molecule has 1 aliphatic heterocycles. The Balaban J connectivity index is 1.87. The van der Waals surface area contributed by atoms with Crippen molar-refractivity contribution < 1.29 is 4.79 Å². The maximum Gasteiger partial charge on any atom is 0.231 e. The second-order valence-electron chi connectivity index (χ2n) is 5.13. The summed E-state index contributed by atoms with van der Waals surface area (Å²) >= 11 is 5.96. The minimum absolute atomic E-state index is 0.199. The molecule has 3 N–H and O–H groups in total. The van der Waals surface area contributed by atoms with Crippen LogP contribution in [-0.2, 0) is 4.79 Å². The standard InChI is InChI=1S/C13H21ClN6O/c14-11-17-12(16-7-3-2-6-10(15)21)19-13(18-11)20-8-4-1-5-9-20/h1-9H2,(H2,15,21)(H,16,17,18,19). The van der Waals surface area contributed by atoms with Gasteiger partial charge in [0.2, 0.25) is 23.1 Å². The van der Waals surface area contributed by atoms with Crippen molar-refractivity contribution in [1.82, 2.24) is 15.0 Å². The molecule has 0 spiro atoms. The van der Waals surface area contributed by atoms with Crippen LogP contribution in [0.2, 0.25) is 5.28 Å². The number of primary amides is 1. The summed E-state index contributed by atoms with van der Waals surface area (Å²) in [5, 5.41) is 3.31. The molecule has 116 valence electrons. The number of rotatable bonds is 7. The number of carbonyl (C=O) groups excluding carboxylic acids is 1. The average Bonchev–Trinajstić information content (AvgIpc) is 2.47. The first-order chi connectivity index (χ1) is 10.1. The van der Waals surface area contributed by atoms with Crippen LogP contribution in [0, 0.1) is 0 Å². The Bertz CT molecular complexity index is 478. The fourth-order valence-corrected chi connectivity index (χ4v) is 2.43. The van der Waals surface area contributed by atoms with E-state index in [-0.39, 0.29) is 11.2 Å². The summed E-state index contributed by atoms with van der Waals surface area (Å²) in [7, 11) is 0. The van der Waals surface area contributed by atoms with Crippen LogP contribution in [0.1, 0.15) is 38.5 Å². The molecule has 1 fully saturated rings. The van der Waals surface area contributed by atoms with Gasteiger partial charge in [0.15, 0.2) is 0 Å². The van der Waals surface area contributed by atoms with E-state index in [2.05, 4.69) is 25.2 Å². The summed E-state index contributed by atoms with van der Waals surface area (Å²) in [4.78, 5) is 25.5. The Hall–Kier alpha value is -1.63. The van der Waals surface area contributed by atoms with E-state index in [1.165, 1.54) is 6.42 Å². The van der Waals surface area contributed by atoms with E-state index in [0.717, 1.165) is 38.8 Å². The summed E-state index contributed by atoms with van der Waals surface area (Å²) in [5.74, 6) is 0.842. The molecule has 0 aromatic carbocycles. The SMILES string of the molecule is NC(=O)CCCCNc1nc(Cl)nc(N2CCCCC2)n1. The highest BCUT2D eigenvalue weighted by molar-refractivity contribution is 6.28. The zero-order chi connectivity index (χ0) is 15.1. The van der Waals surface area contributed by atoms with Crippen molar-refractivity contribution in [2.45, 2.75) is 38.5 Å². The number of hydrogen-bond acceptors (Lipinski definition) is 6. The fraction of sp³-hybridized carbons (Fsp3) is 0.692. The summed E-state index contributed by atoms with van der Waals surface area (Å²) < 4.78 is 0. The summed E-state index contributed by atoms with van der Waals surface area (Å²) in [6.45, 7) is 2.59. The van der Waals surface area contributed by atoms with E-state index in [1.807, 2.05) is 0 Å². The number of nitrogens with two attached hydrogens (primary N) is 1. The number of halogens is 1.